The summed E-state index contributed by atoms with van der Waals surface area (Å²) in [5.74, 6) is 0. The number of aromatic nitrogens is 2. The fraction of sp³-hybridized carbons (Fsp3) is 0.462. The van der Waals surface area contributed by atoms with Crippen molar-refractivity contribution in [3.63, 3.8) is 0 Å². The SMILES string of the molecule is CCC[CH2][Sn]([CH2]CCC)([CH2]CCC)[c]1cc(-c2ccccn2)nc(-c2cccs2)c1. The molecule has 0 aliphatic rings. The molecule has 0 atom stereocenters. The van der Waals surface area contributed by atoms with Crippen molar-refractivity contribution in [1.29, 1.82) is 0 Å². The Morgan fingerprint density at radius 1 is 0.767 bits per heavy atom. The van der Waals surface area contributed by atoms with Crippen molar-refractivity contribution in [2.75, 3.05) is 0 Å². The van der Waals surface area contributed by atoms with E-state index in [1.54, 1.807) is 14.9 Å². The summed E-state index contributed by atoms with van der Waals surface area (Å²) in [6, 6.07) is 15.4. The van der Waals surface area contributed by atoms with Gasteiger partial charge < -0.3 is 0 Å². The Labute approximate surface area is 191 Å². The third-order valence-electron chi connectivity index (χ3n) is 6.17. The van der Waals surface area contributed by atoms with Crippen LogP contribution in [0.3, 0.4) is 0 Å². The molecule has 0 aliphatic carbocycles. The first kappa shape index (κ1) is 23.5. The van der Waals surface area contributed by atoms with E-state index in [1.165, 1.54) is 56.7 Å². The van der Waals surface area contributed by atoms with E-state index in [4.69, 9.17) is 4.98 Å². The Balaban J connectivity index is 2.15. The molecule has 0 bridgehead atoms. The number of hydrogen-bond acceptors (Lipinski definition) is 3. The molecule has 30 heavy (non-hydrogen) atoms. The van der Waals surface area contributed by atoms with Gasteiger partial charge in [-0.05, 0) is 0 Å². The van der Waals surface area contributed by atoms with E-state index in [1.807, 2.05) is 12.3 Å². The molecule has 2 nitrogen and oxygen atoms in total. The molecular formula is C26H36N2SSn. The summed E-state index contributed by atoms with van der Waals surface area (Å²) < 4.78 is 6.10. The molecular weight excluding hydrogens is 491 g/mol. The molecule has 0 spiro atoms. The van der Waals surface area contributed by atoms with E-state index < -0.39 is 18.4 Å². The first-order valence-corrected chi connectivity index (χ1v) is 20.1. The first-order valence-electron chi connectivity index (χ1n) is 11.7. The van der Waals surface area contributed by atoms with E-state index in [0.29, 0.717) is 0 Å². The molecule has 0 aromatic carbocycles. The monoisotopic (exact) mass is 528 g/mol. The Morgan fingerprint density at radius 3 is 1.97 bits per heavy atom. The standard InChI is InChI=1S/C14H9N2S.3C4H9.Sn/c1-2-9-15-11(5-1)12-6-3-7-13(16-12)14-8-4-10-17-14;3*1-3-4-2;/h1-2,4-10H;3*1,3-4H2,2H3;. The summed E-state index contributed by atoms with van der Waals surface area (Å²) >= 11 is -0.756. The maximum absolute atomic E-state index is 5.08. The first-order chi connectivity index (χ1) is 14.7. The number of nitrogens with zero attached hydrogens (tertiary/aromatic N) is 2. The van der Waals surface area contributed by atoms with Crippen molar-refractivity contribution < 1.29 is 0 Å². The topological polar surface area (TPSA) is 25.8 Å². The van der Waals surface area contributed by atoms with Crippen LogP contribution in [0.5, 0.6) is 0 Å². The normalized spacial score (nSPS) is 11.7. The quantitative estimate of drug-likeness (QED) is 0.224. The van der Waals surface area contributed by atoms with Crippen molar-refractivity contribution in [2.45, 2.75) is 72.6 Å². The fourth-order valence-corrected chi connectivity index (χ4v) is 21.0. The van der Waals surface area contributed by atoms with Gasteiger partial charge in [-0.25, -0.2) is 0 Å². The molecule has 3 heterocycles. The number of pyridine rings is 2. The van der Waals surface area contributed by atoms with Crippen molar-refractivity contribution in [3.8, 4) is 22.0 Å². The Kier molecular flexibility index (Phi) is 9.38. The number of thiophene rings is 1. The van der Waals surface area contributed by atoms with Crippen molar-refractivity contribution >= 4 is 33.3 Å². The minimum absolute atomic E-state index is 0.999. The molecule has 0 N–H and O–H groups in total. The molecule has 0 saturated heterocycles. The van der Waals surface area contributed by atoms with Crippen LogP contribution >= 0.6 is 11.3 Å². The summed E-state index contributed by atoms with van der Waals surface area (Å²) in [4.78, 5) is 11.0. The summed E-state index contributed by atoms with van der Waals surface area (Å²) in [6.45, 7) is 7.04. The van der Waals surface area contributed by atoms with Crippen LogP contribution in [0.1, 0.15) is 59.3 Å². The Bertz CT molecular complexity index is 856. The van der Waals surface area contributed by atoms with Gasteiger partial charge in [-0.1, -0.05) is 0 Å². The zero-order valence-electron chi connectivity index (χ0n) is 18.9. The fourth-order valence-electron chi connectivity index (χ4n) is 4.39. The second-order valence-electron chi connectivity index (χ2n) is 8.41. The van der Waals surface area contributed by atoms with Crippen molar-refractivity contribution in [1.82, 2.24) is 9.97 Å². The molecule has 0 amide bonds. The Morgan fingerprint density at radius 2 is 1.43 bits per heavy atom. The van der Waals surface area contributed by atoms with Gasteiger partial charge >= 0.3 is 192 Å². The van der Waals surface area contributed by atoms with Gasteiger partial charge in [-0.15, -0.1) is 0 Å². The Hall–Kier alpha value is -1.20. The van der Waals surface area contributed by atoms with E-state index in [9.17, 15) is 0 Å². The third kappa shape index (κ3) is 5.94. The molecule has 0 radical (unpaired) electrons. The van der Waals surface area contributed by atoms with E-state index in [0.717, 1.165) is 17.1 Å². The van der Waals surface area contributed by atoms with Gasteiger partial charge in [0.2, 0.25) is 0 Å². The van der Waals surface area contributed by atoms with Crippen LogP contribution in [-0.4, -0.2) is 28.3 Å². The van der Waals surface area contributed by atoms with Crippen LogP contribution in [0, 0.1) is 0 Å². The molecule has 3 rings (SSSR count). The predicted molar refractivity (Wildman–Crippen MR) is 135 cm³/mol. The molecule has 3 aromatic heterocycles. The average Bonchev–Trinajstić information content (AvgIpc) is 3.34. The molecule has 3 aromatic rings. The molecule has 0 unspecified atom stereocenters. The predicted octanol–water partition coefficient (Wildman–Crippen LogP) is 7.93. The molecule has 4 heteroatoms. The zero-order chi connectivity index (χ0) is 21.2. The molecule has 0 fully saturated rings. The van der Waals surface area contributed by atoms with Gasteiger partial charge in [0.15, 0.2) is 0 Å². The number of rotatable bonds is 12. The van der Waals surface area contributed by atoms with Crippen LogP contribution in [0.15, 0.2) is 54.0 Å². The van der Waals surface area contributed by atoms with Crippen LogP contribution < -0.4 is 3.58 Å². The van der Waals surface area contributed by atoms with Crippen LogP contribution in [-0.2, 0) is 0 Å². The average molecular weight is 527 g/mol. The van der Waals surface area contributed by atoms with Crippen molar-refractivity contribution in [3.05, 3.63) is 54.0 Å². The summed E-state index contributed by atoms with van der Waals surface area (Å²) in [5, 5.41) is 2.16. The van der Waals surface area contributed by atoms with E-state index in [-0.39, 0.29) is 0 Å². The van der Waals surface area contributed by atoms with Gasteiger partial charge in [-0.2, -0.15) is 0 Å². The van der Waals surface area contributed by atoms with Gasteiger partial charge in [0.1, 0.15) is 0 Å². The van der Waals surface area contributed by atoms with Gasteiger partial charge in [0.25, 0.3) is 0 Å². The van der Waals surface area contributed by atoms with E-state index >= 15 is 0 Å². The molecule has 160 valence electrons. The van der Waals surface area contributed by atoms with Gasteiger partial charge in [0, 0.05) is 0 Å². The maximum atomic E-state index is 5.08. The molecule has 0 saturated carbocycles. The summed E-state index contributed by atoms with van der Waals surface area (Å²) in [5.41, 5.74) is 3.20. The third-order valence-corrected chi connectivity index (χ3v) is 22.6. The summed E-state index contributed by atoms with van der Waals surface area (Å²) in [6.07, 6.45) is 9.90. The second kappa shape index (κ2) is 12.0. The van der Waals surface area contributed by atoms with Crippen molar-refractivity contribution in [2.24, 2.45) is 0 Å². The van der Waals surface area contributed by atoms with Crippen LogP contribution in [0.2, 0.25) is 13.3 Å². The van der Waals surface area contributed by atoms with Crippen LogP contribution in [0.25, 0.3) is 22.0 Å². The molecule has 0 aliphatic heterocycles. The van der Waals surface area contributed by atoms with E-state index in [2.05, 4.69) is 67.5 Å². The number of unbranched alkanes of at least 4 members (excludes halogenated alkanes) is 3. The zero-order valence-corrected chi connectivity index (χ0v) is 22.5. The number of hydrogen-bond donors (Lipinski definition) is 0. The second-order valence-corrected chi connectivity index (χ2v) is 22.6. The summed E-state index contributed by atoms with van der Waals surface area (Å²) in [7, 11) is 0. The van der Waals surface area contributed by atoms with Gasteiger partial charge in [-0.3, -0.25) is 0 Å². The van der Waals surface area contributed by atoms with Crippen LogP contribution in [0.4, 0.5) is 0 Å². The van der Waals surface area contributed by atoms with Gasteiger partial charge in [0.05, 0.1) is 0 Å². The minimum atomic E-state index is -2.55.